The Kier molecular flexibility index (Phi) is 16.5. The molecule has 13 nitrogen and oxygen atoms in total. The van der Waals surface area contributed by atoms with Crippen LogP contribution in [-0.4, -0.2) is 94.1 Å². The molecule has 3 amide bonds. The number of hydrogen-bond acceptors (Lipinski definition) is 10. The summed E-state index contributed by atoms with van der Waals surface area (Å²) in [6.07, 6.45) is 4.48. The smallest absolute Gasteiger partial charge is 0.407 e. The van der Waals surface area contributed by atoms with Gasteiger partial charge in [-0.1, -0.05) is 43.4 Å². The molecular formula is C31H55FN4O9. The summed E-state index contributed by atoms with van der Waals surface area (Å²) in [4.78, 5) is 36.6. The van der Waals surface area contributed by atoms with E-state index >= 15 is 0 Å². The molecule has 3 unspecified atom stereocenters. The second kappa shape index (κ2) is 19.2. The summed E-state index contributed by atoms with van der Waals surface area (Å²) in [7, 11) is 1.62. The van der Waals surface area contributed by atoms with Crippen molar-refractivity contribution in [2.24, 2.45) is 11.8 Å². The summed E-state index contributed by atoms with van der Waals surface area (Å²) in [6.45, 7) is 13.7. The zero-order valence-corrected chi connectivity index (χ0v) is 28.0. The third kappa shape index (κ3) is 13.4. The highest BCUT2D eigenvalue weighted by Gasteiger charge is 2.64. The van der Waals surface area contributed by atoms with Crippen molar-refractivity contribution in [1.82, 2.24) is 21.4 Å². The first-order chi connectivity index (χ1) is 21.3. The van der Waals surface area contributed by atoms with Crippen LogP contribution in [0.2, 0.25) is 0 Å². The Labute approximate surface area is 266 Å². The number of epoxide rings is 1. The monoisotopic (exact) mass is 646 g/mol. The van der Waals surface area contributed by atoms with Crippen LogP contribution in [0.3, 0.4) is 0 Å². The molecule has 0 bridgehead atoms. The molecule has 1 saturated heterocycles. The van der Waals surface area contributed by atoms with Gasteiger partial charge in [-0.15, -0.1) is 0 Å². The quantitative estimate of drug-likeness (QED) is 0.0662. The number of hydroxylamine groups is 1. The lowest BCUT2D eigenvalue weighted by molar-refractivity contribution is -0.193. The number of halogens is 1. The van der Waals surface area contributed by atoms with Crippen LogP contribution in [0, 0.1) is 11.8 Å². The van der Waals surface area contributed by atoms with E-state index in [1.54, 1.807) is 7.11 Å². The van der Waals surface area contributed by atoms with Crippen molar-refractivity contribution in [2.45, 2.75) is 110 Å². The van der Waals surface area contributed by atoms with Crippen LogP contribution in [0.25, 0.3) is 0 Å². The Balaban J connectivity index is 1.76. The predicted molar refractivity (Wildman–Crippen MR) is 165 cm³/mol. The number of amides is 3. The highest BCUT2D eigenvalue weighted by Crippen LogP contribution is 2.52. The third-order valence-corrected chi connectivity index (χ3v) is 8.34. The molecule has 5 atom stereocenters. The van der Waals surface area contributed by atoms with E-state index in [0.717, 1.165) is 32.1 Å². The molecule has 1 saturated carbocycles. The number of alkyl carbamates (subject to hydrolysis) is 2. The normalized spacial score (nSPS) is 23.3. The van der Waals surface area contributed by atoms with Gasteiger partial charge in [0.2, 0.25) is 5.91 Å². The van der Waals surface area contributed by atoms with Crippen molar-refractivity contribution in [3.05, 3.63) is 11.6 Å². The minimum atomic E-state index is -0.595. The molecule has 0 radical (unpaired) electrons. The zero-order valence-electron chi connectivity index (χ0n) is 28.0. The summed E-state index contributed by atoms with van der Waals surface area (Å²) in [5.41, 5.74) is 2.05. The molecule has 0 aromatic heterocycles. The Hall–Kier alpha value is -2.52. The van der Waals surface area contributed by atoms with Gasteiger partial charge in [0.05, 0.1) is 30.5 Å². The maximum Gasteiger partial charge on any atom is 0.407 e. The van der Waals surface area contributed by atoms with E-state index in [2.05, 4.69) is 21.0 Å². The van der Waals surface area contributed by atoms with Gasteiger partial charge in [-0.3, -0.25) is 4.79 Å². The Bertz CT molecular complexity index is 957. The lowest BCUT2D eigenvalue weighted by Gasteiger charge is -2.47. The molecule has 2 fully saturated rings. The number of carbonyl (C=O) groups is 3. The standard InChI is InChI=1S/C31H55FN4O9/c1-21(2)13-17-42-30(5,6)27-26(40-7)24(12-14-31(27)20-43-31)44-29(39)36-23(22(3)4)19-41-28(38)34-16-11-9-8-10-15-33-25(37)18-35-45-32/h13,22-24,26-27,35H,8-12,14-20H2,1-7H3,(H,33,37)(H,34,38)(H,36,39)/t23-,24?,26?,27?,31-/m0/s1. The molecule has 1 heterocycles. The minimum Gasteiger partial charge on any atom is -0.447 e. The average Bonchev–Trinajstić information content (AvgIpc) is 3.74. The molecule has 2 aliphatic rings. The SMILES string of the molecule is COC1C(OC(=O)N[C@@H](COC(=O)NCCCCCCNC(=O)CNOF)C(C)C)CC[C@]2(CO2)C1C(C)(C)OCC=C(C)C. The molecule has 1 aliphatic carbocycles. The maximum absolute atomic E-state index is 13.1. The van der Waals surface area contributed by atoms with Crippen molar-refractivity contribution >= 4 is 18.1 Å². The summed E-state index contributed by atoms with van der Waals surface area (Å²) >= 11 is 0. The molecule has 260 valence electrons. The molecule has 1 aliphatic heterocycles. The van der Waals surface area contributed by atoms with Crippen LogP contribution < -0.4 is 21.4 Å². The van der Waals surface area contributed by atoms with E-state index in [-0.39, 0.29) is 36.5 Å². The molecule has 2 rings (SSSR count). The summed E-state index contributed by atoms with van der Waals surface area (Å²) in [6, 6.07) is -0.451. The topological polar surface area (TPSA) is 158 Å². The fraction of sp³-hybridized carbons (Fsp3) is 0.839. The molecular weight excluding hydrogens is 591 g/mol. The van der Waals surface area contributed by atoms with Gasteiger partial charge in [0.1, 0.15) is 25.4 Å². The van der Waals surface area contributed by atoms with Crippen LogP contribution >= 0.6 is 0 Å². The van der Waals surface area contributed by atoms with E-state index in [4.69, 9.17) is 23.7 Å². The number of methoxy groups -OCH3 is 1. The van der Waals surface area contributed by atoms with E-state index in [0.29, 0.717) is 32.7 Å². The summed E-state index contributed by atoms with van der Waals surface area (Å²) in [5.74, 6) is -0.524. The Morgan fingerprint density at radius 1 is 1.07 bits per heavy atom. The lowest BCUT2D eigenvalue weighted by atomic mass is 9.68. The number of rotatable bonds is 20. The fourth-order valence-corrected chi connectivity index (χ4v) is 5.71. The van der Waals surface area contributed by atoms with Crippen molar-refractivity contribution in [1.29, 1.82) is 0 Å². The van der Waals surface area contributed by atoms with Gasteiger partial charge in [-0.2, -0.15) is 5.48 Å². The molecule has 14 heteroatoms. The molecule has 0 aromatic rings. The van der Waals surface area contributed by atoms with Crippen LogP contribution in [0.5, 0.6) is 0 Å². The molecule has 4 N–H and O–H groups in total. The number of allylic oxidation sites excluding steroid dienone is 1. The summed E-state index contributed by atoms with van der Waals surface area (Å²) < 4.78 is 41.0. The first kappa shape index (κ1) is 38.7. The van der Waals surface area contributed by atoms with Gasteiger partial charge in [0.25, 0.3) is 0 Å². The van der Waals surface area contributed by atoms with Crippen LogP contribution in [-0.2, 0) is 33.5 Å². The van der Waals surface area contributed by atoms with E-state index in [9.17, 15) is 18.9 Å². The number of hydrogen-bond donors (Lipinski definition) is 4. The number of carbonyl (C=O) groups excluding carboxylic acids is 3. The minimum absolute atomic E-state index is 0.0101. The first-order valence-electron chi connectivity index (χ1n) is 15.9. The van der Waals surface area contributed by atoms with Gasteiger partial charge < -0.3 is 39.6 Å². The fourth-order valence-electron chi connectivity index (χ4n) is 5.71. The van der Waals surface area contributed by atoms with Gasteiger partial charge in [0.15, 0.2) is 0 Å². The third-order valence-electron chi connectivity index (χ3n) is 8.34. The van der Waals surface area contributed by atoms with Crippen molar-refractivity contribution in [3.8, 4) is 0 Å². The number of unbranched alkanes of at least 4 members (excludes halogenated alkanes) is 3. The van der Waals surface area contributed by atoms with Crippen LogP contribution in [0.1, 0.15) is 80.1 Å². The predicted octanol–water partition coefficient (Wildman–Crippen LogP) is 3.87. The average molecular weight is 647 g/mol. The Morgan fingerprint density at radius 2 is 1.73 bits per heavy atom. The van der Waals surface area contributed by atoms with Crippen LogP contribution in [0.15, 0.2) is 11.6 Å². The number of nitrogens with one attached hydrogen (secondary N) is 4. The van der Waals surface area contributed by atoms with E-state index in [1.807, 2.05) is 53.1 Å². The highest BCUT2D eigenvalue weighted by atomic mass is 19.3. The van der Waals surface area contributed by atoms with E-state index < -0.39 is 36.0 Å². The molecule has 45 heavy (non-hydrogen) atoms. The molecule has 1 spiro atoms. The van der Waals surface area contributed by atoms with Crippen molar-refractivity contribution < 1.29 is 47.6 Å². The van der Waals surface area contributed by atoms with Gasteiger partial charge in [-0.05, 0) is 63.8 Å². The van der Waals surface area contributed by atoms with Crippen molar-refractivity contribution in [2.75, 3.05) is 46.6 Å². The summed E-state index contributed by atoms with van der Waals surface area (Å²) in [5, 5.41) is 11.4. The number of ether oxygens (including phenoxy) is 5. The highest BCUT2D eigenvalue weighted by molar-refractivity contribution is 5.77. The molecule has 0 aromatic carbocycles. The second-order valence-electron chi connectivity index (χ2n) is 12.9. The van der Waals surface area contributed by atoms with Gasteiger partial charge in [-0.25, -0.2) is 9.59 Å². The van der Waals surface area contributed by atoms with Crippen molar-refractivity contribution in [3.63, 3.8) is 0 Å². The zero-order chi connectivity index (χ0) is 33.5. The van der Waals surface area contributed by atoms with Crippen LogP contribution in [0.4, 0.5) is 14.1 Å². The lowest BCUT2D eigenvalue weighted by Crippen LogP contribution is -2.59. The largest absolute Gasteiger partial charge is 0.447 e. The Morgan fingerprint density at radius 3 is 2.31 bits per heavy atom. The van der Waals surface area contributed by atoms with E-state index in [1.165, 1.54) is 5.57 Å². The van der Waals surface area contributed by atoms with Gasteiger partial charge >= 0.3 is 12.2 Å². The van der Waals surface area contributed by atoms with Gasteiger partial charge in [0, 0.05) is 26.1 Å². The second-order valence-corrected chi connectivity index (χ2v) is 12.9. The first-order valence-corrected chi connectivity index (χ1v) is 15.9. The maximum atomic E-state index is 13.1.